The molecule has 0 fully saturated rings. The van der Waals surface area contributed by atoms with Gasteiger partial charge in [-0.3, -0.25) is 4.79 Å². The molecule has 0 aliphatic carbocycles. The molecule has 0 spiro atoms. The van der Waals surface area contributed by atoms with Crippen LogP contribution in [0.4, 0.5) is 13.2 Å². The SMILES string of the molecule is CCOC(=O)Cc1cc(C(F)(F)F)cc(C#N)c1CN. The van der Waals surface area contributed by atoms with E-state index in [1.807, 2.05) is 0 Å². The molecule has 0 heterocycles. The van der Waals surface area contributed by atoms with Crippen LogP contribution in [0.2, 0.25) is 0 Å². The Hall–Kier alpha value is -2.07. The van der Waals surface area contributed by atoms with Crippen molar-refractivity contribution in [2.75, 3.05) is 6.61 Å². The zero-order valence-corrected chi connectivity index (χ0v) is 10.8. The number of nitriles is 1. The van der Waals surface area contributed by atoms with Crippen molar-refractivity contribution >= 4 is 5.97 Å². The van der Waals surface area contributed by atoms with Gasteiger partial charge in [-0.1, -0.05) is 0 Å². The lowest BCUT2D eigenvalue weighted by molar-refractivity contribution is -0.142. The zero-order valence-electron chi connectivity index (χ0n) is 10.8. The molecule has 1 aromatic carbocycles. The Morgan fingerprint density at radius 3 is 2.55 bits per heavy atom. The Morgan fingerprint density at radius 1 is 1.45 bits per heavy atom. The van der Waals surface area contributed by atoms with Crippen LogP contribution in [0.15, 0.2) is 12.1 Å². The van der Waals surface area contributed by atoms with Crippen LogP contribution in [-0.2, 0) is 28.7 Å². The van der Waals surface area contributed by atoms with Crippen LogP contribution in [0.25, 0.3) is 0 Å². The number of nitrogens with two attached hydrogens (primary N) is 1. The first-order chi connectivity index (χ1) is 9.33. The van der Waals surface area contributed by atoms with E-state index in [-0.39, 0.29) is 36.3 Å². The standard InChI is InChI=1S/C13H13F3N2O2/c1-2-20-12(19)5-8-3-10(13(14,15)16)4-9(6-17)11(8)7-18/h3-4H,2,5,7,18H2,1H3. The third-order valence-corrected chi connectivity index (χ3v) is 2.63. The molecule has 0 saturated carbocycles. The van der Waals surface area contributed by atoms with Gasteiger partial charge in [-0.2, -0.15) is 18.4 Å². The first kappa shape index (κ1) is 16.0. The lowest BCUT2D eigenvalue weighted by Gasteiger charge is -2.14. The fourth-order valence-electron chi connectivity index (χ4n) is 1.76. The Kier molecular flexibility index (Phi) is 5.11. The van der Waals surface area contributed by atoms with E-state index in [2.05, 4.69) is 0 Å². The zero-order chi connectivity index (χ0) is 15.3. The van der Waals surface area contributed by atoms with Crippen LogP contribution in [0, 0.1) is 11.3 Å². The minimum absolute atomic E-state index is 0.0670. The smallest absolute Gasteiger partial charge is 0.416 e. The quantitative estimate of drug-likeness (QED) is 0.860. The van der Waals surface area contributed by atoms with E-state index in [9.17, 15) is 18.0 Å². The van der Waals surface area contributed by atoms with Crippen molar-refractivity contribution in [1.29, 1.82) is 5.26 Å². The second-order valence-corrected chi connectivity index (χ2v) is 3.96. The van der Waals surface area contributed by atoms with Gasteiger partial charge in [0.2, 0.25) is 0 Å². The minimum Gasteiger partial charge on any atom is -0.466 e. The molecular formula is C13H13F3N2O2. The summed E-state index contributed by atoms with van der Waals surface area (Å²) in [5, 5.41) is 8.91. The molecule has 7 heteroatoms. The van der Waals surface area contributed by atoms with E-state index in [0.29, 0.717) is 0 Å². The van der Waals surface area contributed by atoms with Gasteiger partial charge in [-0.05, 0) is 30.2 Å². The molecule has 0 unspecified atom stereocenters. The molecule has 1 aromatic rings. The number of ether oxygens (including phenoxy) is 1. The Bertz CT molecular complexity index is 548. The summed E-state index contributed by atoms with van der Waals surface area (Å²) in [6.07, 6.45) is -4.94. The summed E-state index contributed by atoms with van der Waals surface area (Å²) in [6.45, 7) is 1.59. The summed E-state index contributed by atoms with van der Waals surface area (Å²) in [7, 11) is 0. The van der Waals surface area contributed by atoms with Crippen LogP contribution in [-0.4, -0.2) is 12.6 Å². The van der Waals surface area contributed by atoms with Crippen LogP contribution in [0.1, 0.15) is 29.2 Å². The van der Waals surface area contributed by atoms with E-state index in [1.165, 1.54) is 0 Å². The highest BCUT2D eigenvalue weighted by Crippen LogP contribution is 2.32. The van der Waals surface area contributed by atoms with Crippen molar-refractivity contribution in [2.24, 2.45) is 5.73 Å². The summed E-state index contributed by atoms with van der Waals surface area (Å²) < 4.78 is 42.9. The van der Waals surface area contributed by atoms with E-state index in [1.54, 1.807) is 13.0 Å². The van der Waals surface area contributed by atoms with Crippen LogP contribution >= 0.6 is 0 Å². The van der Waals surface area contributed by atoms with E-state index >= 15 is 0 Å². The number of hydrogen-bond donors (Lipinski definition) is 1. The number of esters is 1. The predicted molar refractivity (Wildman–Crippen MR) is 64.4 cm³/mol. The van der Waals surface area contributed by atoms with Gasteiger partial charge in [-0.15, -0.1) is 0 Å². The number of nitrogens with zero attached hydrogens (tertiary/aromatic N) is 1. The van der Waals surface area contributed by atoms with Crippen molar-refractivity contribution in [1.82, 2.24) is 0 Å². The third kappa shape index (κ3) is 3.71. The van der Waals surface area contributed by atoms with Gasteiger partial charge in [-0.25, -0.2) is 0 Å². The monoisotopic (exact) mass is 286 g/mol. The van der Waals surface area contributed by atoms with Crippen molar-refractivity contribution in [3.8, 4) is 6.07 Å². The molecule has 108 valence electrons. The van der Waals surface area contributed by atoms with Gasteiger partial charge in [0.15, 0.2) is 0 Å². The van der Waals surface area contributed by atoms with Gasteiger partial charge < -0.3 is 10.5 Å². The van der Waals surface area contributed by atoms with Gasteiger partial charge >= 0.3 is 12.1 Å². The Labute approximate surface area is 113 Å². The number of carbonyl (C=O) groups excluding carboxylic acids is 1. The predicted octanol–water partition coefficient (Wildman–Crippen LogP) is 2.14. The molecule has 0 bridgehead atoms. The lowest BCUT2D eigenvalue weighted by Crippen LogP contribution is -2.15. The molecule has 4 nitrogen and oxygen atoms in total. The molecule has 0 amide bonds. The molecule has 0 atom stereocenters. The topological polar surface area (TPSA) is 76.1 Å². The fraction of sp³-hybridized carbons (Fsp3) is 0.385. The van der Waals surface area contributed by atoms with Gasteiger partial charge in [0, 0.05) is 6.54 Å². The van der Waals surface area contributed by atoms with Crippen LogP contribution < -0.4 is 5.73 Å². The molecule has 1 rings (SSSR count). The first-order valence-electron chi connectivity index (χ1n) is 5.82. The Morgan fingerprint density at radius 2 is 2.10 bits per heavy atom. The summed E-state index contributed by atoms with van der Waals surface area (Å²) >= 11 is 0. The van der Waals surface area contributed by atoms with Crippen molar-refractivity contribution < 1.29 is 22.7 Å². The minimum atomic E-state index is -4.60. The normalized spacial score (nSPS) is 11.0. The molecule has 0 aliphatic rings. The van der Waals surface area contributed by atoms with E-state index in [4.69, 9.17) is 15.7 Å². The van der Waals surface area contributed by atoms with Crippen molar-refractivity contribution in [3.05, 3.63) is 34.4 Å². The summed E-state index contributed by atoms with van der Waals surface area (Å²) in [6, 6.07) is 3.24. The van der Waals surface area contributed by atoms with Crippen molar-refractivity contribution in [3.63, 3.8) is 0 Å². The fourth-order valence-corrected chi connectivity index (χ4v) is 1.76. The maximum atomic E-state index is 12.7. The molecule has 2 N–H and O–H groups in total. The highest BCUT2D eigenvalue weighted by Gasteiger charge is 2.32. The third-order valence-electron chi connectivity index (χ3n) is 2.63. The van der Waals surface area contributed by atoms with Crippen molar-refractivity contribution in [2.45, 2.75) is 26.1 Å². The number of carbonyl (C=O) groups is 1. The van der Waals surface area contributed by atoms with Gasteiger partial charge in [0.05, 0.1) is 30.2 Å². The maximum absolute atomic E-state index is 12.7. The van der Waals surface area contributed by atoms with Crippen LogP contribution in [0.5, 0.6) is 0 Å². The number of benzene rings is 1. The maximum Gasteiger partial charge on any atom is 0.416 e. The highest BCUT2D eigenvalue weighted by atomic mass is 19.4. The number of halogens is 3. The second-order valence-electron chi connectivity index (χ2n) is 3.96. The van der Waals surface area contributed by atoms with E-state index in [0.717, 1.165) is 12.1 Å². The summed E-state index contributed by atoms with van der Waals surface area (Å²) in [4.78, 5) is 11.4. The number of hydrogen-bond acceptors (Lipinski definition) is 4. The van der Waals surface area contributed by atoms with E-state index < -0.39 is 17.7 Å². The highest BCUT2D eigenvalue weighted by molar-refractivity contribution is 5.73. The molecule has 20 heavy (non-hydrogen) atoms. The molecule has 0 radical (unpaired) electrons. The molecule has 0 aliphatic heterocycles. The number of rotatable bonds is 4. The second kappa shape index (κ2) is 6.39. The molecule has 0 aromatic heterocycles. The Balaban J connectivity index is 3.32. The molecular weight excluding hydrogens is 273 g/mol. The van der Waals surface area contributed by atoms with Gasteiger partial charge in [0.1, 0.15) is 0 Å². The lowest BCUT2D eigenvalue weighted by atomic mass is 9.96. The summed E-state index contributed by atoms with van der Waals surface area (Å²) in [5.74, 6) is -0.662. The number of alkyl halides is 3. The average molecular weight is 286 g/mol. The first-order valence-corrected chi connectivity index (χ1v) is 5.82. The van der Waals surface area contributed by atoms with Gasteiger partial charge in [0.25, 0.3) is 0 Å². The largest absolute Gasteiger partial charge is 0.466 e. The summed E-state index contributed by atoms with van der Waals surface area (Å²) in [5.41, 5.74) is 4.59. The van der Waals surface area contributed by atoms with Crippen LogP contribution in [0.3, 0.4) is 0 Å². The average Bonchev–Trinajstić information content (AvgIpc) is 2.36. The molecule has 0 saturated heterocycles.